The summed E-state index contributed by atoms with van der Waals surface area (Å²) in [7, 11) is 3.85. The van der Waals surface area contributed by atoms with Gasteiger partial charge in [-0.3, -0.25) is 0 Å². The van der Waals surface area contributed by atoms with Crippen LogP contribution in [0.1, 0.15) is 12.0 Å². The van der Waals surface area contributed by atoms with Gasteiger partial charge in [-0.15, -0.1) is 0 Å². The molecule has 0 N–H and O–H groups in total. The fourth-order valence-electron chi connectivity index (χ4n) is 1.53. The highest BCUT2D eigenvalue weighted by atomic mass is 79.9. The number of methoxy groups -OCH3 is 1. The topological polar surface area (TPSA) is 12.5 Å². The minimum atomic E-state index is 0.941. The van der Waals surface area contributed by atoms with Gasteiger partial charge in [0.25, 0.3) is 0 Å². The number of rotatable bonds is 6. The maximum atomic E-state index is 5.31. The predicted octanol–water partition coefficient (Wildman–Crippen LogP) is 2.91. The molecular formula is C12H18BrNO. The second-order valence-electron chi connectivity index (χ2n) is 3.59. The summed E-state index contributed by atoms with van der Waals surface area (Å²) in [6.07, 6.45) is 1.17. The lowest BCUT2D eigenvalue weighted by molar-refractivity contribution is 0.319. The molecular weight excluding hydrogens is 254 g/mol. The van der Waals surface area contributed by atoms with Gasteiger partial charge in [-0.05, 0) is 26.1 Å². The third-order valence-corrected chi connectivity index (χ3v) is 2.87. The lowest BCUT2D eigenvalue weighted by Gasteiger charge is -2.17. The predicted molar refractivity (Wildman–Crippen MR) is 67.7 cm³/mol. The van der Waals surface area contributed by atoms with Crippen molar-refractivity contribution >= 4 is 15.9 Å². The Hall–Kier alpha value is -0.540. The molecule has 3 heteroatoms. The molecule has 0 bridgehead atoms. The van der Waals surface area contributed by atoms with Crippen molar-refractivity contribution in [2.75, 3.05) is 26.0 Å². The van der Waals surface area contributed by atoms with Gasteiger partial charge in [-0.1, -0.05) is 34.1 Å². The maximum absolute atomic E-state index is 5.31. The summed E-state index contributed by atoms with van der Waals surface area (Å²) in [5.41, 5.74) is 1.25. The molecule has 0 unspecified atom stereocenters. The van der Waals surface area contributed by atoms with E-state index >= 15 is 0 Å². The van der Waals surface area contributed by atoms with Gasteiger partial charge in [0.1, 0.15) is 5.75 Å². The Labute approximate surface area is 100 Å². The highest BCUT2D eigenvalue weighted by Gasteiger charge is 2.04. The third kappa shape index (κ3) is 4.22. The Balaban J connectivity index is 2.55. The first-order valence-corrected chi connectivity index (χ1v) is 6.26. The molecule has 0 aliphatic carbocycles. The van der Waals surface area contributed by atoms with Crippen molar-refractivity contribution in [2.45, 2.75) is 13.0 Å². The van der Waals surface area contributed by atoms with Crippen LogP contribution in [0.5, 0.6) is 5.75 Å². The molecule has 0 aliphatic heterocycles. The van der Waals surface area contributed by atoms with Crippen LogP contribution in [0.3, 0.4) is 0 Å². The van der Waals surface area contributed by atoms with E-state index in [9.17, 15) is 0 Å². The van der Waals surface area contributed by atoms with Crippen LogP contribution >= 0.6 is 15.9 Å². The van der Waals surface area contributed by atoms with Crippen LogP contribution in [0.2, 0.25) is 0 Å². The van der Waals surface area contributed by atoms with Crippen molar-refractivity contribution in [1.29, 1.82) is 0 Å². The van der Waals surface area contributed by atoms with Crippen LogP contribution in [-0.4, -0.2) is 30.9 Å². The summed E-state index contributed by atoms with van der Waals surface area (Å²) in [6.45, 7) is 2.04. The number of halogens is 1. The lowest BCUT2D eigenvalue weighted by Crippen LogP contribution is -2.19. The van der Waals surface area contributed by atoms with Gasteiger partial charge in [-0.2, -0.15) is 0 Å². The summed E-state index contributed by atoms with van der Waals surface area (Å²) < 4.78 is 5.31. The molecule has 1 aromatic rings. The smallest absolute Gasteiger partial charge is 0.123 e. The van der Waals surface area contributed by atoms with Crippen molar-refractivity contribution in [3.05, 3.63) is 29.8 Å². The van der Waals surface area contributed by atoms with Crippen molar-refractivity contribution in [3.8, 4) is 5.75 Å². The van der Waals surface area contributed by atoms with E-state index in [4.69, 9.17) is 4.74 Å². The first kappa shape index (κ1) is 12.5. The van der Waals surface area contributed by atoms with Gasteiger partial charge in [0, 0.05) is 17.4 Å². The Morgan fingerprint density at radius 1 is 1.33 bits per heavy atom. The zero-order valence-corrected chi connectivity index (χ0v) is 11.0. The van der Waals surface area contributed by atoms with E-state index in [0.717, 1.165) is 24.2 Å². The van der Waals surface area contributed by atoms with E-state index in [1.807, 2.05) is 12.1 Å². The van der Waals surface area contributed by atoms with Crippen molar-refractivity contribution in [1.82, 2.24) is 4.90 Å². The normalized spacial score (nSPS) is 10.7. The Bertz CT molecular complexity index is 291. The van der Waals surface area contributed by atoms with Crippen molar-refractivity contribution in [2.24, 2.45) is 0 Å². The maximum Gasteiger partial charge on any atom is 0.123 e. The molecule has 0 saturated heterocycles. The van der Waals surface area contributed by atoms with Crippen LogP contribution in [0.15, 0.2) is 24.3 Å². The van der Waals surface area contributed by atoms with E-state index in [-0.39, 0.29) is 0 Å². The highest BCUT2D eigenvalue weighted by molar-refractivity contribution is 9.09. The van der Waals surface area contributed by atoms with E-state index in [0.29, 0.717) is 0 Å². The molecule has 1 aromatic carbocycles. The number of benzene rings is 1. The fraction of sp³-hybridized carbons (Fsp3) is 0.500. The largest absolute Gasteiger partial charge is 0.496 e. The molecule has 15 heavy (non-hydrogen) atoms. The fourth-order valence-corrected chi connectivity index (χ4v) is 1.78. The average Bonchev–Trinajstić information content (AvgIpc) is 2.27. The summed E-state index contributed by atoms with van der Waals surface area (Å²) in [5.74, 6) is 0.975. The molecule has 0 spiro atoms. The van der Waals surface area contributed by atoms with E-state index < -0.39 is 0 Å². The molecule has 1 rings (SSSR count). The van der Waals surface area contributed by atoms with Gasteiger partial charge in [0.15, 0.2) is 0 Å². The Kier molecular flexibility index (Phi) is 5.73. The first-order valence-electron chi connectivity index (χ1n) is 5.14. The quantitative estimate of drug-likeness (QED) is 0.738. The summed E-state index contributed by atoms with van der Waals surface area (Å²) in [6, 6.07) is 8.17. The van der Waals surface area contributed by atoms with Crippen LogP contribution in [0.4, 0.5) is 0 Å². The van der Waals surface area contributed by atoms with Gasteiger partial charge >= 0.3 is 0 Å². The molecule has 0 amide bonds. The average molecular weight is 272 g/mol. The van der Waals surface area contributed by atoms with Crippen molar-refractivity contribution < 1.29 is 4.74 Å². The SMILES string of the molecule is COc1ccccc1CN(C)CCCBr. The number of ether oxygens (including phenoxy) is 1. The summed E-state index contributed by atoms with van der Waals surface area (Å²) in [5, 5.41) is 1.06. The molecule has 0 heterocycles. The first-order chi connectivity index (χ1) is 7.27. The molecule has 84 valence electrons. The molecule has 0 aromatic heterocycles. The Morgan fingerprint density at radius 3 is 2.73 bits per heavy atom. The zero-order valence-electron chi connectivity index (χ0n) is 9.37. The number of hydrogen-bond donors (Lipinski definition) is 0. The van der Waals surface area contributed by atoms with E-state index in [1.54, 1.807) is 7.11 Å². The number of alkyl halides is 1. The molecule has 0 saturated carbocycles. The second kappa shape index (κ2) is 6.85. The van der Waals surface area contributed by atoms with Crippen LogP contribution < -0.4 is 4.74 Å². The van der Waals surface area contributed by atoms with E-state index in [1.165, 1.54) is 12.0 Å². The minimum absolute atomic E-state index is 0.941. The molecule has 0 aliphatic rings. The monoisotopic (exact) mass is 271 g/mol. The molecule has 0 radical (unpaired) electrons. The number of para-hydroxylation sites is 1. The van der Waals surface area contributed by atoms with Gasteiger partial charge in [-0.25, -0.2) is 0 Å². The Morgan fingerprint density at radius 2 is 2.07 bits per heavy atom. The minimum Gasteiger partial charge on any atom is -0.496 e. The second-order valence-corrected chi connectivity index (χ2v) is 4.39. The highest BCUT2D eigenvalue weighted by Crippen LogP contribution is 2.18. The standard InChI is InChI=1S/C12H18BrNO/c1-14(9-5-8-13)10-11-6-3-4-7-12(11)15-2/h3-4,6-7H,5,8-10H2,1-2H3. The van der Waals surface area contributed by atoms with E-state index in [2.05, 4.69) is 40.0 Å². The zero-order chi connectivity index (χ0) is 11.1. The van der Waals surface area contributed by atoms with Gasteiger partial charge < -0.3 is 9.64 Å². The third-order valence-electron chi connectivity index (χ3n) is 2.31. The molecule has 0 atom stereocenters. The summed E-state index contributed by atoms with van der Waals surface area (Å²) >= 11 is 3.44. The summed E-state index contributed by atoms with van der Waals surface area (Å²) in [4.78, 5) is 2.30. The van der Waals surface area contributed by atoms with Crippen LogP contribution in [0.25, 0.3) is 0 Å². The number of nitrogens with zero attached hydrogens (tertiary/aromatic N) is 1. The van der Waals surface area contributed by atoms with Gasteiger partial charge in [0.2, 0.25) is 0 Å². The van der Waals surface area contributed by atoms with Gasteiger partial charge in [0.05, 0.1) is 7.11 Å². The van der Waals surface area contributed by atoms with Crippen molar-refractivity contribution in [3.63, 3.8) is 0 Å². The lowest BCUT2D eigenvalue weighted by atomic mass is 10.2. The molecule has 2 nitrogen and oxygen atoms in total. The number of hydrogen-bond acceptors (Lipinski definition) is 2. The molecule has 0 fully saturated rings. The van der Waals surface area contributed by atoms with Crippen LogP contribution in [-0.2, 0) is 6.54 Å². The van der Waals surface area contributed by atoms with Crippen LogP contribution in [0, 0.1) is 0 Å².